The minimum absolute atomic E-state index is 0.0267. The zero-order valence-electron chi connectivity index (χ0n) is 29.0. The number of esters is 3. The first-order valence-electron chi connectivity index (χ1n) is 15.2. The van der Waals surface area contributed by atoms with E-state index in [0.717, 1.165) is 5.56 Å². The van der Waals surface area contributed by atoms with Crippen LogP contribution >= 0.6 is 0 Å². The largest absolute Gasteiger partial charge is 0.467 e. The molecule has 48 heavy (non-hydrogen) atoms. The van der Waals surface area contributed by atoms with Crippen LogP contribution in [0.5, 0.6) is 11.5 Å². The van der Waals surface area contributed by atoms with Crippen molar-refractivity contribution in [3.8, 4) is 11.5 Å². The Morgan fingerprint density at radius 2 is 0.938 bits per heavy atom. The molecule has 3 aromatic rings. The van der Waals surface area contributed by atoms with E-state index in [1.807, 2.05) is 18.2 Å². The fraction of sp³-hybridized carbons (Fsp3) is 0.342. The quantitative estimate of drug-likeness (QED) is 0.0782. The lowest BCUT2D eigenvalue weighted by Crippen LogP contribution is -2.24. The molecule has 0 saturated carbocycles. The number of carbonyl (C=O) groups is 3. The third-order valence-electron chi connectivity index (χ3n) is 6.32. The predicted molar refractivity (Wildman–Crippen MR) is 184 cm³/mol. The van der Waals surface area contributed by atoms with Crippen molar-refractivity contribution in [2.75, 3.05) is 34.9 Å². The van der Waals surface area contributed by atoms with E-state index in [1.165, 1.54) is 21.3 Å². The lowest BCUT2D eigenvalue weighted by molar-refractivity contribution is 0.00417. The normalized spacial score (nSPS) is 11.9. The van der Waals surface area contributed by atoms with Crippen LogP contribution in [0.4, 0.5) is 0 Å². The van der Waals surface area contributed by atoms with Gasteiger partial charge in [-0.05, 0) is 94.1 Å². The average Bonchev–Trinajstić information content (AvgIpc) is 3.02. The van der Waals surface area contributed by atoms with E-state index in [0.29, 0.717) is 33.8 Å². The second-order valence-electron chi connectivity index (χ2n) is 12.6. The Morgan fingerprint density at radius 3 is 1.33 bits per heavy atom. The molecule has 0 unspecified atom stereocenters. The van der Waals surface area contributed by atoms with Gasteiger partial charge in [-0.15, -0.1) is 0 Å². The van der Waals surface area contributed by atoms with Crippen molar-refractivity contribution in [3.05, 3.63) is 93.5 Å². The van der Waals surface area contributed by atoms with Crippen molar-refractivity contribution in [1.29, 1.82) is 0 Å². The van der Waals surface area contributed by atoms with Crippen molar-refractivity contribution in [1.82, 2.24) is 0 Å². The van der Waals surface area contributed by atoms with Gasteiger partial charge >= 0.3 is 17.9 Å². The van der Waals surface area contributed by atoms with Gasteiger partial charge in [-0.1, -0.05) is 48.6 Å². The third-order valence-corrected chi connectivity index (χ3v) is 6.32. The van der Waals surface area contributed by atoms with Crippen molar-refractivity contribution in [3.63, 3.8) is 0 Å². The monoisotopic (exact) mass is 660 g/mol. The Morgan fingerprint density at radius 1 is 0.542 bits per heavy atom. The van der Waals surface area contributed by atoms with Crippen molar-refractivity contribution in [2.24, 2.45) is 0 Å². The van der Waals surface area contributed by atoms with Crippen LogP contribution in [0.1, 0.15) is 94.9 Å². The molecule has 0 aliphatic rings. The number of hydrogen-bond acceptors (Lipinski definition) is 10. The summed E-state index contributed by atoms with van der Waals surface area (Å²) in [6.45, 7) is 10.7. The molecule has 256 valence electrons. The van der Waals surface area contributed by atoms with Gasteiger partial charge in [0, 0.05) is 14.2 Å². The van der Waals surface area contributed by atoms with Crippen LogP contribution in [0, 0.1) is 0 Å². The molecule has 10 heteroatoms. The molecule has 0 atom stereocenters. The van der Waals surface area contributed by atoms with Crippen LogP contribution in [0.15, 0.2) is 54.6 Å². The van der Waals surface area contributed by atoms with Crippen molar-refractivity contribution < 1.29 is 47.5 Å². The first kappa shape index (κ1) is 37.5. The summed E-state index contributed by atoms with van der Waals surface area (Å²) in [5.74, 6) is -0.920. The van der Waals surface area contributed by atoms with Crippen molar-refractivity contribution >= 4 is 42.2 Å². The fourth-order valence-electron chi connectivity index (χ4n) is 4.27. The van der Waals surface area contributed by atoms with Crippen LogP contribution in [-0.4, -0.2) is 64.0 Å². The highest BCUT2D eigenvalue weighted by Gasteiger charge is 2.23. The van der Waals surface area contributed by atoms with E-state index in [-0.39, 0.29) is 24.7 Å². The van der Waals surface area contributed by atoms with Crippen molar-refractivity contribution in [2.45, 2.75) is 52.7 Å². The summed E-state index contributed by atoms with van der Waals surface area (Å²) < 4.78 is 37.4. The number of carbonyl (C=O) groups excluding carboxylic acids is 3. The summed E-state index contributed by atoms with van der Waals surface area (Å²) in [7, 11) is 4.30. The lowest BCUT2D eigenvalue weighted by atomic mass is 10.0. The molecule has 10 nitrogen and oxygen atoms in total. The van der Waals surface area contributed by atoms with Crippen LogP contribution < -0.4 is 9.47 Å². The topological polar surface area (TPSA) is 116 Å². The number of rotatable bonds is 13. The van der Waals surface area contributed by atoms with E-state index in [1.54, 1.807) is 102 Å². The van der Waals surface area contributed by atoms with Gasteiger partial charge in [-0.3, -0.25) is 0 Å². The van der Waals surface area contributed by atoms with E-state index < -0.39 is 29.1 Å². The maximum absolute atomic E-state index is 13.0. The van der Waals surface area contributed by atoms with E-state index in [2.05, 4.69) is 0 Å². The third kappa shape index (κ3) is 11.4. The minimum atomic E-state index is -0.699. The molecule has 0 aliphatic heterocycles. The van der Waals surface area contributed by atoms with E-state index >= 15 is 0 Å². The summed E-state index contributed by atoms with van der Waals surface area (Å²) in [6.07, 6.45) is 7.16. The molecule has 0 fully saturated rings. The highest BCUT2D eigenvalue weighted by molar-refractivity contribution is 5.97. The van der Waals surface area contributed by atoms with Crippen LogP contribution in [0.2, 0.25) is 0 Å². The summed E-state index contributed by atoms with van der Waals surface area (Å²) in [5, 5.41) is 0. The molecular weight excluding hydrogens is 616 g/mol. The second-order valence-corrected chi connectivity index (χ2v) is 12.6. The molecule has 0 aliphatic carbocycles. The zero-order valence-corrected chi connectivity index (χ0v) is 29.0. The SMILES string of the molecule is COCOc1ccc(/C=C/c2ccc(/C=C/c3ccc(OCOC)c(C(=O)OC(C)(C)C)c3)c(C(=O)OC)c2)cc1C(=O)OC(C)(C)C. The Labute approximate surface area is 282 Å². The first-order chi connectivity index (χ1) is 22.6. The fourth-order valence-corrected chi connectivity index (χ4v) is 4.27. The molecule has 0 amide bonds. The van der Waals surface area contributed by atoms with Gasteiger partial charge in [0.1, 0.15) is 33.8 Å². The molecule has 0 bridgehead atoms. The molecule has 0 spiro atoms. The standard InChI is InChI=1S/C38H44O10/c1-37(2,3)47-35(40)30-21-26(14-18-32(30)45-23-42-7)11-10-25-12-16-28(29(20-25)34(39)44-9)17-13-27-15-19-33(46-24-43-8)31(22-27)36(41)48-38(4,5)6/h10-22H,23-24H2,1-9H3/b11-10+,17-13+. The number of methoxy groups -OCH3 is 3. The maximum Gasteiger partial charge on any atom is 0.342 e. The summed E-state index contributed by atoms with van der Waals surface area (Å²) in [4.78, 5) is 38.7. The smallest absolute Gasteiger partial charge is 0.342 e. The molecule has 0 heterocycles. The molecule has 3 rings (SSSR count). The molecule has 0 saturated heterocycles. The van der Waals surface area contributed by atoms with Crippen LogP contribution in [0.3, 0.4) is 0 Å². The summed E-state index contributed by atoms with van der Waals surface area (Å²) >= 11 is 0. The molecule has 3 aromatic carbocycles. The number of hydrogen-bond donors (Lipinski definition) is 0. The Kier molecular flexibility index (Phi) is 13.1. The van der Waals surface area contributed by atoms with E-state index in [4.69, 9.17) is 33.2 Å². The number of ether oxygens (including phenoxy) is 7. The Balaban J connectivity index is 1.93. The van der Waals surface area contributed by atoms with Gasteiger partial charge in [0.15, 0.2) is 13.6 Å². The molecule has 0 radical (unpaired) electrons. The molecule has 0 aromatic heterocycles. The number of benzene rings is 3. The zero-order chi connectivity index (χ0) is 35.5. The first-order valence-corrected chi connectivity index (χ1v) is 15.2. The summed E-state index contributed by atoms with van der Waals surface area (Å²) in [6, 6.07) is 15.6. The van der Waals surface area contributed by atoms with Gasteiger partial charge in [0.05, 0.1) is 12.7 Å². The maximum atomic E-state index is 13.0. The second kappa shape index (κ2) is 16.8. The lowest BCUT2D eigenvalue weighted by Gasteiger charge is -2.20. The van der Waals surface area contributed by atoms with Gasteiger partial charge in [0.25, 0.3) is 0 Å². The average molecular weight is 661 g/mol. The molecular formula is C38H44O10. The Bertz CT molecular complexity index is 1650. The minimum Gasteiger partial charge on any atom is -0.467 e. The highest BCUT2D eigenvalue weighted by atomic mass is 16.7. The summed E-state index contributed by atoms with van der Waals surface area (Å²) in [5.41, 5.74) is 2.16. The van der Waals surface area contributed by atoms with E-state index in [9.17, 15) is 14.4 Å². The molecule has 0 N–H and O–H groups in total. The van der Waals surface area contributed by atoms with Crippen LogP contribution in [-0.2, 0) is 23.7 Å². The predicted octanol–water partition coefficient (Wildman–Crippen LogP) is 7.69. The van der Waals surface area contributed by atoms with Gasteiger partial charge in [-0.2, -0.15) is 0 Å². The van der Waals surface area contributed by atoms with Gasteiger partial charge in [-0.25, -0.2) is 14.4 Å². The van der Waals surface area contributed by atoms with Crippen LogP contribution in [0.25, 0.3) is 24.3 Å². The highest BCUT2D eigenvalue weighted by Crippen LogP contribution is 2.27. The van der Waals surface area contributed by atoms with Gasteiger partial charge in [0.2, 0.25) is 0 Å². The van der Waals surface area contributed by atoms with Gasteiger partial charge < -0.3 is 33.2 Å². The Hall–Kier alpha value is -4.93.